The summed E-state index contributed by atoms with van der Waals surface area (Å²) in [6.45, 7) is 5.74. The Morgan fingerprint density at radius 1 is 1.33 bits per heavy atom. The normalized spacial score (nSPS) is 13.1. The molecule has 0 radical (unpaired) electrons. The highest BCUT2D eigenvalue weighted by molar-refractivity contribution is 5.94. The predicted molar refractivity (Wildman–Crippen MR) is 76.4 cm³/mol. The van der Waals surface area contributed by atoms with Gasteiger partial charge in [0.1, 0.15) is 5.75 Å². The van der Waals surface area contributed by atoms with E-state index in [0.717, 1.165) is 17.9 Å². The van der Waals surface area contributed by atoms with Crippen molar-refractivity contribution in [3.8, 4) is 5.75 Å². The molecule has 102 valence electrons. The minimum absolute atomic E-state index is 0. The molecule has 0 saturated carbocycles. The van der Waals surface area contributed by atoms with Crippen LogP contribution in [0.5, 0.6) is 5.75 Å². The van der Waals surface area contributed by atoms with Crippen LogP contribution in [-0.4, -0.2) is 18.1 Å². The van der Waals surface area contributed by atoms with Crippen LogP contribution in [0.3, 0.4) is 0 Å². The molecule has 1 aromatic rings. The highest BCUT2D eigenvalue weighted by Crippen LogP contribution is 2.17. The fraction of sp³-hybridized carbons (Fsp3) is 0.462. The second-order valence-electron chi connectivity index (χ2n) is 4.14. The topological polar surface area (TPSA) is 64.3 Å². The highest BCUT2D eigenvalue weighted by atomic mass is 35.5. The maximum absolute atomic E-state index is 11.4. The van der Waals surface area contributed by atoms with E-state index in [9.17, 15) is 4.79 Å². The molecule has 4 nitrogen and oxygen atoms in total. The maximum Gasteiger partial charge on any atom is 0.240 e. The number of anilines is 1. The quantitative estimate of drug-likeness (QED) is 0.866. The van der Waals surface area contributed by atoms with Crippen molar-refractivity contribution in [3.63, 3.8) is 0 Å². The van der Waals surface area contributed by atoms with Crippen molar-refractivity contribution in [3.05, 3.63) is 24.3 Å². The lowest BCUT2D eigenvalue weighted by molar-refractivity contribution is -0.117. The molecule has 0 saturated heterocycles. The largest absolute Gasteiger partial charge is 0.491 e. The van der Waals surface area contributed by atoms with Gasteiger partial charge in [-0.25, -0.2) is 0 Å². The predicted octanol–water partition coefficient (Wildman–Crippen LogP) is 2.57. The molecule has 0 aliphatic carbocycles. The molecule has 18 heavy (non-hydrogen) atoms. The number of carbonyl (C=O) groups excluding carboxylic acids is 1. The minimum Gasteiger partial charge on any atom is -0.491 e. The summed E-state index contributed by atoms with van der Waals surface area (Å²) in [7, 11) is 0. The zero-order valence-corrected chi connectivity index (χ0v) is 11.8. The van der Waals surface area contributed by atoms with Gasteiger partial charge in [-0.15, -0.1) is 12.4 Å². The van der Waals surface area contributed by atoms with E-state index in [0.29, 0.717) is 0 Å². The van der Waals surface area contributed by atoms with E-state index >= 15 is 0 Å². The summed E-state index contributed by atoms with van der Waals surface area (Å²) in [5.41, 5.74) is 6.19. The van der Waals surface area contributed by atoms with Crippen LogP contribution in [0.4, 0.5) is 5.69 Å². The molecule has 0 aliphatic heterocycles. The second-order valence-corrected chi connectivity index (χ2v) is 4.14. The molecule has 1 rings (SSSR count). The van der Waals surface area contributed by atoms with Gasteiger partial charge in [0.15, 0.2) is 0 Å². The maximum atomic E-state index is 11.4. The monoisotopic (exact) mass is 272 g/mol. The van der Waals surface area contributed by atoms with Crippen molar-refractivity contribution in [2.75, 3.05) is 5.32 Å². The molecule has 5 heteroatoms. The van der Waals surface area contributed by atoms with Crippen LogP contribution in [0.25, 0.3) is 0 Å². The third-order valence-electron chi connectivity index (χ3n) is 2.45. The number of rotatable bonds is 5. The Morgan fingerprint density at radius 3 is 2.33 bits per heavy atom. The molecule has 1 amide bonds. The lowest BCUT2D eigenvalue weighted by Crippen LogP contribution is -2.32. The number of ether oxygens (including phenoxy) is 1. The van der Waals surface area contributed by atoms with Crippen LogP contribution in [0.1, 0.15) is 27.2 Å². The van der Waals surface area contributed by atoms with Crippen LogP contribution in [0.2, 0.25) is 0 Å². The standard InChI is InChI=1S/C13H20N2O2.ClH/c1-4-9(2)17-12-7-5-11(6-8-12)15-13(16)10(3)14;/h5-10H,4,14H2,1-3H3,(H,15,16);1H/t9?,10-;/m1./s1. The van der Waals surface area contributed by atoms with Gasteiger partial charge in [-0.1, -0.05) is 6.92 Å². The molecule has 0 heterocycles. The summed E-state index contributed by atoms with van der Waals surface area (Å²) >= 11 is 0. The van der Waals surface area contributed by atoms with Crippen molar-refractivity contribution in [1.82, 2.24) is 0 Å². The van der Waals surface area contributed by atoms with E-state index in [4.69, 9.17) is 10.5 Å². The fourth-order valence-corrected chi connectivity index (χ4v) is 1.19. The summed E-state index contributed by atoms with van der Waals surface area (Å²) in [5, 5.41) is 2.72. The first kappa shape index (κ1) is 16.7. The van der Waals surface area contributed by atoms with Crippen molar-refractivity contribution in [2.24, 2.45) is 5.73 Å². The summed E-state index contributed by atoms with van der Waals surface area (Å²) < 4.78 is 5.63. The Labute approximate surface area is 114 Å². The van der Waals surface area contributed by atoms with Crippen molar-refractivity contribution in [1.29, 1.82) is 0 Å². The lowest BCUT2D eigenvalue weighted by atomic mass is 10.2. The van der Waals surface area contributed by atoms with E-state index in [2.05, 4.69) is 12.2 Å². The van der Waals surface area contributed by atoms with Gasteiger partial charge in [0, 0.05) is 5.69 Å². The van der Waals surface area contributed by atoms with E-state index in [1.807, 2.05) is 19.1 Å². The van der Waals surface area contributed by atoms with Crippen molar-refractivity contribution < 1.29 is 9.53 Å². The van der Waals surface area contributed by atoms with Crippen LogP contribution in [0, 0.1) is 0 Å². The smallest absolute Gasteiger partial charge is 0.240 e. The van der Waals surface area contributed by atoms with Gasteiger partial charge in [-0.05, 0) is 44.5 Å². The average Bonchev–Trinajstić information content (AvgIpc) is 2.31. The van der Waals surface area contributed by atoms with E-state index in [-0.39, 0.29) is 24.4 Å². The van der Waals surface area contributed by atoms with Gasteiger partial charge < -0.3 is 15.8 Å². The first-order valence-electron chi connectivity index (χ1n) is 5.86. The SMILES string of the molecule is CCC(C)Oc1ccc(NC(=O)[C@@H](C)N)cc1.Cl. The Kier molecular flexibility index (Phi) is 7.39. The molecule has 0 aromatic heterocycles. The number of benzene rings is 1. The summed E-state index contributed by atoms with van der Waals surface area (Å²) in [6.07, 6.45) is 1.16. The van der Waals surface area contributed by atoms with E-state index in [1.165, 1.54) is 0 Å². The molecule has 0 bridgehead atoms. The third-order valence-corrected chi connectivity index (χ3v) is 2.45. The lowest BCUT2D eigenvalue weighted by Gasteiger charge is -2.13. The second kappa shape index (κ2) is 7.95. The number of hydrogen-bond donors (Lipinski definition) is 2. The van der Waals surface area contributed by atoms with Crippen LogP contribution in [-0.2, 0) is 4.79 Å². The molecular formula is C13H21ClN2O2. The number of nitrogens with one attached hydrogen (secondary N) is 1. The van der Waals surface area contributed by atoms with E-state index < -0.39 is 6.04 Å². The molecule has 1 aromatic carbocycles. The molecule has 0 fully saturated rings. The van der Waals surface area contributed by atoms with Crippen molar-refractivity contribution in [2.45, 2.75) is 39.3 Å². The number of halogens is 1. The Morgan fingerprint density at radius 2 is 1.89 bits per heavy atom. The van der Waals surface area contributed by atoms with Crippen LogP contribution >= 0.6 is 12.4 Å². The summed E-state index contributed by atoms with van der Waals surface area (Å²) in [6, 6.07) is 6.77. The Bertz CT molecular complexity index is 366. The molecule has 3 N–H and O–H groups in total. The number of amides is 1. The number of nitrogens with two attached hydrogens (primary N) is 1. The zero-order chi connectivity index (χ0) is 12.8. The molecule has 1 unspecified atom stereocenters. The number of hydrogen-bond acceptors (Lipinski definition) is 3. The van der Waals surface area contributed by atoms with Gasteiger partial charge >= 0.3 is 0 Å². The van der Waals surface area contributed by atoms with Gasteiger partial charge in [0.25, 0.3) is 0 Å². The first-order valence-corrected chi connectivity index (χ1v) is 5.86. The van der Waals surface area contributed by atoms with E-state index in [1.54, 1.807) is 19.1 Å². The van der Waals surface area contributed by atoms with Crippen molar-refractivity contribution >= 4 is 24.0 Å². The summed E-state index contributed by atoms with van der Waals surface area (Å²) in [4.78, 5) is 11.4. The molecule has 0 aliphatic rings. The zero-order valence-electron chi connectivity index (χ0n) is 11.0. The minimum atomic E-state index is -0.508. The third kappa shape index (κ3) is 5.38. The number of carbonyl (C=O) groups is 1. The van der Waals surface area contributed by atoms with Gasteiger partial charge in [-0.2, -0.15) is 0 Å². The summed E-state index contributed by atoms with van der Waals surface area (Å²) in [5.74, 6) is 0.610. The molecular weight excluding hydrogens is 252 g/mol. The van der Waals surface area contributed by atoms with Gasteiger partial charge in [-0.3, -0.25) is 4.79 Å². The van der Waals surface area contributed by atoms with Gasteiger partial charge in [0.05, 0.1) is 12.1 Å². The van der Waals surface area contributed by atoms with Crippen LogP contribution in [0.15, 0.2) is 24.3 Å². The first-order chi connectivity index (χ1) is 8.02. The Hall–Kier alpha value is -1.26. The average molecular weight is 273 g/mol. The van der Waals surface area contributed by atoms with Crippen LogP contribution < -0.4 is 15.8 Å². The highest BCUT2D eigenvalue weighted by Gasteiger charge is 2.07. The fourth-order valence-electron chi connectivity index (χ4n) is 1.19. The molecule has 2 atom stereocenters. The van der Waals surface area contributed by atoms with Gasteiger partial charge in [0.2, 0.25) is 5.91 Å². The Balaban J connectivity index is 0.00000289. The molecule has 0 spiro atoms.